The fourth-order valence-electron chi connectivity index (χ4n) is 3.55. The van der Waals surface area contributed by atoms with Crippen LogP contribution in [0.4, 0.5) is 11.5 Å². The van der Waals surface area contributed by atoms with Crippen molar-refractivity contribution in [1.29, 1.82) is 5.41 Å². The fraction of sp³-hybridized carbons (Fsp3) is 0.364. The number of aromatic nitrogens is 3. The molecule has 4 rings (SSSR count). The highest BCUT2D eigenvalue weighted by Crippen LogP contribution is 2.43. The van der Waals surface area contributed by atoms with E-state index in [1.807, 2.05) is 24.4 Å². The maximum Gasteiger partial charge on any atom is 0.225 e. The predicted molar refractivity (Wildman–Crippen MR) is 117 cm³/mol. The summed E-state index contributed by atoms with van der Waals surface area (Å²) in [5, 5.41) is 14.8. The van der Waals surface area contributed by atoms with E-state index in [0.29, 0.717) is 23.5 Å². The Morgan fingerprint density at radius 2 is 2.10 bits per heavy atom. The summed E-state index contributed by atoms with van der Waals surface area (Å²) in [7, 11) is 0. The molecule has 4 N–H and O–H groups in total. The zero-order valence-electron chi connectivity index (χ0n) is 16.7. The van der Waals surface area contributed by atoms with E-state index in [9.17, 15) is 0 Å². The molecule has 3 aromatic rings. The highest BCUT2D eigenvalue weighted by molar-refractivity contribution is 6.28. The summed E-state index contributed by atoms with van der Waals surface area (Å²) >= 11 is 6.18. The molecule has 0 aliphatic heterocycles. The Morgan fingerprint density at radius 1 is 1.31 bits per heavy atom. The molecule has 29 heavy (non-hydrogen) atoms. The second-order valence-corrected chi connectivity index (χ2v) is 8.10. The maximum atomic E-state index is 7.78. The van der Waals surface area contributed by atoms with Gasteiger partial charge in [-0.1, -0.05) is 25.1 Å². The molecule has 1 saturated carbocycles. The number of hydrogen-bond acceptors (Lipinski definition) is 5. The third-order valence-electron chi connectivity index (χ3n) is 5.54. The summed E-state index contributed by atoms with van der Waals surface area (Å²) in [5.74, 6) is 1.22. The molecule has 150 valence electrons. The molecule has 1 aromatic carbocycles. The minimum Gasteiger partial charge on any atom is -0.358 e. The SMILES string of the molecule is CCC(C)[NH2+]c1c(C=N)nc(Cl)nc1N[C@@H](c1cnc2ccccc2c1)C1CC1. The Balaban J connectivity index is 1.73. The summed E-state index contributed by atoms with van der Waals surface area (Å²) < 4.78 is 0. The molecule has 1 fully saturated rings. The molecule has 2 atom stereocenters. The van der Waals surface area contributed by atoms with Crippen LogP contribution in [0.5, 0.6) is 0 Å². The van der Waals surface area contributed by atoms with Crippen LogP contribution in [0.2, 0.25) is 5.28 Å². The van der Waals surface area contributed by atoms with Crippen molar-refractivity contribution in [2.75, 3.05) is 5.32 Å². The third-order valence-corrected chi connectivity index (χ3v) is 5.71. The number of pyridine rings is 1. The summed E-state index contributed by atoms with van der Waals surface area (Å²) in [6, 6.07) is 10.8. The van der Waals surface area contributed by atoms with Crippen LogP contribution in [-0.2, 0) is 0 Å². The van der Waals surface area contributed by atoms with Gasteiger partial charge in [-0.2, -0.15) is 4.98 Å². The van der Waals surface area contributed by atoms with Crippen LogP contribution < -0.4 is 10.6 Å². The number of rotatable bonds is 8. The second kappa shape index (κ2) is 8.43. The number of anilines is 1. The largest absolute Gasteiger partial charge is 0.358 e. The van der Waals surface area contributed by atoms with Gasteiger partial charge in [0.05, 0.1) is 17.6 Å². The number of para-hydroxylation sites is 1. The molecule has 2 aromatic heterocycles. The molecule has 1 aliphatic carbocycles. The number of hydrogen-bond donors (Lipinski definition) is 3. The van der Waals surface area contributed by atoms with Crippen molar-refractivity contribution < 1.29 is 5.32 Å². The minimum atomic E-state index is 0.0979. The van der Waals surface area contributed by atoms with Gasteiger partial charge in [0.15, 0.2) is 11.5 Å². The predicted octanol–water partition coefficient (Wildman–Crippen LogP) is 4.23. The van der Waals surface area contributed by atoms with Crippen LogP contribution >= 0.6 is 11.6 Å². The molecule has 1 unspecified atom stereocenters. The summed E-state index contributed by atoms with van der Waals surface area (Å²) in [6.07, 6.45) is 6.55. The third kappa shape index (κ3) is 4.38. The van der Waals surface area contributed by atoms with Crippen molar-refractivity contribution in [2.24, 2.45) is 5.92 Å². The Labute approximate surface area is 175 Å². The monoisotopic (exact) mass is 409 g/mol. The number of quaternary nitrogens is 1. The van der Waals surface area contributed by atoms with Gasteiger partial charge in [0.1, 0.15) is 5.69 Å². The first-order chi connectivity index (χ1) is 14.1. The topological polar surface area (TPSA) is 91.2 Å². The normalized spacial score (nSPS) is 15.8. The Kier molecular flexibility index (Phi) is 5.74. The van der Waals surface area contributed by atoms with Crippen LogP contribution in [0.1, 0.15) is 50.4 Å². The van der Waals surface area contributed by atoms with Gasteiger partial charge in [0.2, 0.25) is 5.28 Å². The zero-order chi connectivity index (χ0) is 20.4. The summed E-state index contributed by atoms with van der Waals surface area (Å²) in [6.45, 7) is 4.29. The van der Waals surface area contributed by atoms with Crippen molar-refractivity contribution in [2.45, 2.75) is 45.2 Å². The van der Waals surface area contributed by atoms with Crippen LogP contribution in [0, 0.1) is 11.3 Å². The quantitative estimate of drug-likeness (QED) is 0.383. The van der Waals surface area contributed by atoms with E-state index in [4.69, 9.17) is 17.0 Å². The number of nitrogens with zero attached hydrogens (tertiary/aromatic N) is 3. The number of benzene rings is 1. The van der Waals surface area contributed by atoms with Crippen molar-refractivity contribution in [3.05, 3.63) is 53.1 Å². The zero-order valence-corrected chi connectivity index (χ0v) is 17.4. The fourth-order valence-corrected chi connectivity index (χ4v) is 3.73. The van der Waals surface area contributed by atoms with E-state index >= 15 is 0 Å². The molecule has 2 heterocycles. The minimum absolute atomic E-state index is 0.0979. The lowest BCUT2D eigenvalue weighted by Crippen LogP contribution is -2.84. The highest BCUT2D eigenvalue weighted by Gasteiger charge is 2.34. The van der Waals surface area contributed by atoms with E-state index in [1.54, 1.807) is 0 Å². The van der Waals surface area contributed by atoms with E-state index in [0.717, 1.165) is 28.6 Å². The second-order valence-electron chi connectivity index (χ2n) is 7.76. The van der Waals surface area contributed by atoms with Crippen LogP contribution in [0.25, 0.3) is 10.9 Å². The van der Waals surface area contributed by atoms with E-state index in [-0.39, 0.29) is 11.3 Å². The number of fused-ring (bicyclic) bond motifs is 1. The van der Waals surface area contributed by atoms with Gasteiger partial charge in [-0.25, -0.2) is 4.98 Å². The van der Waals surface area contributed by atoms with Crippen molar-refractivity contribution >= 4 is 40.2 Å². The van der Waals surface area contributed by atoms with E-state index in [2.05, 4.69) is 51.6 Å². The van der Waals surface area contributed by atoms with E-state index < -0.39 is 0 Å². The Morgan fingerprint density at radius 3 is 2.83 bits per heavy atom. The molecular formula is C22H26ClN6+. The molecule has 0 radical (unpaired) electrons. The van der Waals surface area contributed by atoms with Gasteiger partial charge in [-0.05, 0) is 61.4 Å². The average molecular weight is 410 g/mol. The van der Waals surface area contributed by atoms with Gasteiger partial charge >= 0.3 is 0 Å². The lowest BCUT2D eigenvalue weighted by Gasteiger charge is -2.21. The van der Waals surface area contributed by atoms with Crippen LogP contribution in [-0.4, -0.2) is 27.2 Å². The molecule has 7 heteroatoms. The van der Waals surface area contributed by atoms with Crippen LogP contribution in [0.3, 0.4) is 0 Å². The maximum absolute atomic E-state index is 7.78. The van der Waals surface area contributed by atoms with Crippen LogP contribution in [0.15, 0.2) is 36.5 Å². The van der Waals surface area contributed by atoms with Gasteiger partial charge in [0.25, 0.3) is 0 Å². The smallest absolute Gasteiger partial charge is 0.225 e. The summed E-state index contributed by atoms with van der Waals surface area (Å²) in [4.78, 5) is 13.4. The lowest BCUT2D eigenvalue weighted by molar-refractivity contribution is -0.607. The summed E-state index contributed by atoms with van der Waals surface area (Å²) in [5.41, 5.74) is 3.52. The highest BCUT2D eigenvalue weighted by atomic mass is 35.5. The van der Waals surface area contributed by atoms with Crippen molar-refractivity contribution in [3.8, 4) is 0 Å². The molecule has 1 aliphatic rings. The van der Waals surface area contributed by atoms with E-state index in [1.165, 1.54) is 19.1 Å². The number of nitrogens with one attached hydrogen (secondary N) is 2. The van der Waals surface area contributed by atoms with Crippen molar-refractivity contribution in [3.63, 3.8) is 0 Å². The van der Waals surface area contributed by atoms with Gasteiger partial charge < -0.3 is 16.0 Å². The van der Waals surface area contributed by atoms with Crippen molar-refractivity contribution in [1.82, 2.24) is 15.0 Å². The molecule has 0 saturated heterocycles. The first kappa shape index (κ1) is 19.7. The average Bonchev–Trinajstić information content (AvgIpc) is 3.58. The molecule has 0 spiro atoms. The molecule has 0 amide bonds. The Bertz CT molecular complexity index is 1030. The Hall–Kier alpha value is -2.57. The first-order valence-electron chi connectivity index (χ1n) is 10.1. The number of nitrogens with two attached hydrogens (primary N) is 1. The molecule has 6 nitrogen and oxygen atoms in total. The lowest BCUT2D eigenvalue weighted by atomic mass is 10.0. The molecular weight excluding hydrogens is 384 g/mol. The molecule has 0 bridgehead atoms. The van der Waals surface area contributed by atoms with Gasteiger partial charge in [-0.3, -0.25) is 4.98 Å². The van der Waals surface area contributed by atoms with Gasteiger partial charge in [-0.15, -0.1) is 0 Å². The van der Waals surface area contributed by atoms with Gasteiger partial charge in [0, 0.05) is 17.8 Å². The first-order valence-corrected chi connectivity index (χ1v) is 10.5. The number of halogens is 1. The standard InChI is InChI=1S/C22H25ClN6/c1-3-13(2)26-20-18(11-24)27-22(23)29-21(20)28-19(14-8-9-14)16-10-15-6-4-5-7-17(15)25-12-16/h4-7,10-14,19,24,26H,3,8-9H2,1-2H3,(H,27,28,29)/p+1/t13?,19-/m1/s1.